The van der Waals surface area contributed by atoms with E-state index in [1.165, 1.54) is 6.42 Å². The maximum absolute atomic E-state index is 12.2. The van der Waals surface area contributed by atoms with Gasteiger partial charge >= 0.3 is 5.97 Å². The van der Waals surface area contributed by atoms with Crippen LogP contribution in [0, 0.1) is 5.92 Å². The van der Waals surface area contributed by atoms with Crippen molar-refractivity contribution < 1.29 is 19.1 Å². The van der Waals surface area contributed by atoms with Gasteiger partial charge in [-0.3, -0.25) is 14.4 Å². The van der Waals surface area contributed by atoms with Crippen LogP contribution in [-0.4, -0.2) is 36.5 Å². The lowest BCUT2D eigenvalue weighted by molar-refractivity contribution is -0.155. The van der Waals surface area contributed by atoms with Crippen LogP contribution in [0.4, 0.5) is 0 Å². The van der Waals surface area contributed by atoms with Gasteiger partial charge in [0, 0.05) is 23.2 Å². The summed E-state index contributed by atoms with van der Waals surface area (Å²) in [6.07, 6.45) is 3.52. The monoisotopic (exact) mass is 394 g/mol. The maximum Gasteiger partial charge on any atom is 0.308 e. The van der Waals surface area contributed by atoms with E-state index in [1.54, 1.807) is 31.2 Å². The molecule has 1 aliphatic rings. The number of esters is 1. The normalized spacial score (nSPS) is 20.4. The van der Waals surface area contributed by atoms with E-state index in [0.29, 0.717) is 16.5 Å². The fourth-order valence-electron chi connectivity index (χ4n) is 3.12. The van der Waals surface area contributed by atoms with E-state index in [1.807, 2.05) is 0 Å². The molecule has 2 rings (SSSR count). The van der Waals surface area contributed by atoms with Crippen molar-refractivity contribution in [2.75, 3.05) is 6.54 Å². The van der Waals surface area contributed by atoms with Gasteiger partial charge in [-0.1, -0.05) is 31.4 Å². The minimum absolute atomic E-state index is 0.00319. The average molecular weight is 395 g/mol. The Labute approximate surface area is 165 Å². The van der Waals surface area contributed by atoms with Crippen molar-refractivity contribution >= 4 is 29.4 Å². The third-order valence-electron chi connectivity index (χ3n) is 4.84. The van der Waals surface area contributed by atoms with Gasteiger partial charge in [-0.25, -0.2) is 0 Å². The van der Waals surface area contributed by atoms with E-state index in [2.05, 4.69) is 17.6 Å². The van der Waals surface area contributed by atoms with Crippen LogP contribution in [0.2, 0.25) is 5.02 Å². The number of ether oxygens (including phenoxy) is 1. The van der Waals surface area contributed by atoms with Crippen molar-refractivity contribution in [3.63, 3.8) is 0 Å². The molecular formula is C20H27ClN2O4. The summed E-state index contributed by atoms with van der Waals surface area (Å²) in [5.41, 5.74) is 0.460. The summed E-state index contributed by atoms with van der Waals surface area (Å²) in [6, 6.07) is 6.60. The lowest BCUT2D eigenvalue weighted by Crippen LogP contribution is -2.46. The van der Waals surface area contributed by atoms with Crippen LogP contribution in [0.15, 0.2) is 24.3 Å². The van der Waals surface area contributed by atoms with Crippen LogP contribution in [0.5, 0.6) is 0 Å². The number of halogens is 1. The molecule has 6 nitrogen and oxygen atoms in total. The molecule has 0 spiro atoms. The zero-order chi connectivity index (χ0) is 19.8. The topological polar surface area (TPSA) is 84.5 Å². The number of rotatable bonds is 7. The second kappa shape index (κ2) is 10.3. The molecular weight excluding hydrogens is 368 g/mol. The highest BCUT2D eigenvalue weighted by Crippen LogP contribution is 2.23. The number of nitrogens with one attached hydrogen (secondary N) is 2. The van der Waals surface area contributed by atoms with Gasteiger partial charge in [0.1, 0.15) is 0 Å². The molecule has 0 radical (unpaired) electrons. The second-order valence-corrected chi connectivity index (χ2v) is 7.46. The largest absolute Gasteiger partial charge is 0.452 e. The molecule has 1 fully saturated rings. The predicted octanol–water partition coefficient (Wildman–Crippen LogP) is 3.09. The van der Waals surface area contributed by atoms with E-state index in [9.17, 15) is 14.4 Å². The van der Waals surface area contributed by atoms with Crippen LogP contribution in [-0.2, 0) is 14.3 Å². The van der Waals surface area contributed by atoms with Gasteiger partial charge < -0.3 is 15.4 Å². The van der Waals surface area contributed by atoms with Crippen molar-refractivity contribution in [3.05, 3.63) is 34.9 Å². The summed E-state index contributed by atoms with van der Waals surface area (Å²) in [4.78, 5) is 36.1. The summed E-state index contributed by atoms with van der Waals surface area (Å²) in [7, 11) is 0. The Balaban J connectivity index is 1.68. The summed E-state index contributed by atoms with van der Waals surface area (Å²) in [6.45, 7) is 3.82. The molecule has 2 amide bonds. The van der Waals surface area contributed by atoms with Crippen LogP contribution in [0.3, 0.4) is 0 Å². The van der Waals surface area contributed by atoms with Crippen molar-refractivity contribution in [1.82, 2.24) is 10.6 Å². The quantitative estimate of drug-likeness (QED) is 0.696. The summed E-state index contributed by atoms with van der Waals surface area (Å²) < 4.78 is 5.17. The Morgan fingerprint density at radius 3 is 2.52 bits per heavy atom. The van der Waals surface area contributed by atoms with Gasteiger partial charge in [0.05, 0.1) is 6.42 Å². The minimum atomic E-state index is -0.849. The van der Waals surface area contributed by atoms with Crippen LogP contribution >= 0.6 is 11.6 Å². The lowest BCUT2D eigenvalue weighted by Gasteiger charge is -2.30. The standard InChI is InChI=1S/C20H27ClN2O4/c1-13-5-3-4-6-17(13)23-19(25)14(2)27-18(24)11-12-22-20(26)15-7-9-16(21)10-8-15/h7-10,13-14,17H,3-6,11-12H2,1-2H3,(H,22,26)(H,23,25)/t13-,14-,17-/m1/s1. The highest BCUT2D eigenvalue weighted by molar-refractivity contribution is 6.30. The number of carbonyl (C=O) groups is 3. The molecule has 148 valence electrons. The molecule has 0 unspecified atom stereocenters. The predicted molar refractivity (Wildman–Crippen MR) is 104 cm³/mol. The van der Waals surface area contributed by atoms with Crippen molar-refractivity contribution in [3.8, 4) is 0 Å². The summed E-state index contributed by atoms with van der Waals surface area (Å²) in [5, 5.41) is 6.16. The first-order valence-electron chi connectivity index (χ1n) is 9.40. The average Bonchev–Trinajstić information content (AvgIpc) is 2.64. The molecule has 0 aliphatic heterocycles. The maximum atomic E-state index is 12.2. The Morgan fingerprint density at radius 1 is 1.19 bits per heavy atom. The van der Waals surface area contributed by atoms with Crippen LogP contribution < -0.4 is 10.6 Å². The third kappa shape index (κ3) is 6.86. The second-order valence-electron chi connectivity index (χ2n) is 7.02. The summed E-state index contributed by atoms with van der Waals surface area (Å²) in [5.74, 6) is -0.650. The Morgan fingerprint density at radius 2 is 1.85 bits per heavy atom. The van der Waals surface area contributed by atoms with E-state index in [4.69, 9.17) is 16.3 Å². The van der Waals surface area contributed by atoms with Crippen molar-refractivity contribution in [2.45, 2.75) is 58.1 Å². The molecule has 0 heterocycles. The number of carbonyl (C=O) groups excluding carboxylic acids is 3. The molecule has 27 heavy (non-hydrogen) atoms. The molecule has 1 aliphatic carbocycles. The molecule has 0 aromatic heterocycles. The molecule has 0 saturated heterocycles. The first-order valence-corrected chi connectivity index (χ1v) is 9.78. The first-order chi connectivity index (χ1) is 12.9. The molecule has 2 N–H and O–H groups in total. The van der Waals surface area contributed by atoms with E-state index in [0.717, 1.165) is 19.3 Å². The van der Waals surface area contributed by atoms with Gasteiger partial charge in [0.25, 0.3) is 11.8 Å². The van der Waals surface area contributed by atoms with E-state index < -0.39 is 12.1 Å². The van der Waals surface area contributed by atoms with E-state index in [-0.39, 0.29) is 30.8 Å². The third-order valence-corrected chi connectivity index (χ3v) is 5.09. The lowest BCUT2D eigenvalue weighted by atomic mass is 9.86. The van der Waals surface area contributed by atoms with Gasteiger partial charge in [-0.15, -0.1) is 0 Å². The van der Waals surface area contributed by atoms with Gasteiger partial charge in [0.2, 0.25) is 0 Å². The Kier molecular flexibility index (Phi) is 8.10. The van der Waals surface area contributed by atoms with Gasteiger partial charge in [-0.2, -0.15) is 0 Å². The van der Waals surface area contributed by atoms with Crippen LogP contribution in [0.25, 0.3) is 0 Å². The molecule has 1 aromatic carbocycles. The molecule has 0 bridgehead atoms. The molecule has 7 heteroatoms. The smallest absolute Gasteiger partial charge is 0.308 e. The first kappa shape index (κ1) is 21.2. The van der Waals surface area contributed by atoms with Gasteiger partial charge in [-0.05, 0) is 49.9 Å². The zero-order valence-corrected chi connectivity index (χ0v) is 16.6. The van der Waals surface area contributed by atoms with Crippen molar-refractivity contribution in [2.24, 2.45) is 5.92 Å². The Bertz CT molecular complexity index is 662. The zero-order valence-electron chi connectivity index (χ0n) is 15.8. The van der Waals surface area contributed by atoms with E-state index >= 15 is 0 Å². The number of benzene rings is 1. The van der Waals surface area contributed by atoms with Gasteiger partial charge in [0.15, 0.2) is 6.10 Å². The number of hydrogen-bond donors (Lipinski definition) is 2. The highest BCUT2D eigenvalue weighted by atomic mass is 35.5. The molecule has 3 atom stereocenters. The SMILES string of the molecule is C[C@@H]1CCCC[C@H]1NC(=O)[C@@H](C)OC(=O)CCNC(=O)c1ccc(Cl)cc1. The minimum Gasteiger partial charge on any atom is -0.452 e. The molecule has 1 saturated carbocycles. The molecule has 1 aromatic rings. The fourth-order valence-corrected chi connectivity index (χ4v) is 3.25. The number of amides is 2. The number of hydrogen-bond acceptors (Lipinski definition) is 4. The van der Waals surface area contributed by atoms with Crippen molar-refractivity contribution in [1.29, 1.82) is 0 Å². The summed E-state index contributed by atoms with van der Waals surface area (Å²) >= 11 is 5.78. The Hall–Kier alpha value is -2.08. The highest BCUT2D eigenvalue weighted by Gasteiger charge is 2.26. The van der Waals surface area contributed by atoms with Crippen LogP contribution in [0.1, 0.15) is 56.3 Å². The fraction of sp³-hybridized carbons (Fsp3) is 0.550.